The van der Waals surface area contributed by atoms with E-state index in [1.165, 1.54) is 24.3 Å². The summed E-state index contributed by atoms with van der Waals surface area (Å²) >= 11 is 0. The number of hydrogen-bond acceptors (Lipinski definition) is 3. The molecule has 5 nitrogen and oxygen atoms in total. The highest BCUT2D eigenvalue weighted by atomic mass is 32.2. The number of primary sulfonamides is 1. The van der Waals surface area contributed by atoms with E-state index in [1.807, 2.05) is 41.2 Å². The molecule has 4 aromatic rings. The van der Waals surface area contributed by atoms with Crippen LogP contribution in [-0.4, -0.2) is 18.2 Å². The van der Waals surface area contributed by atoms with E-state index in [0.29, 0.717) is 12.2 Å². The number of nitrogens with two attached hydrogens (primary N) is 1. The molecule has 4 rings (SSSR count). The van der Waals surface area contributed by atoms with Gasteiger partial charge in [0, 0.05) is 17.3 Å². The third-order valence-corrected chi connectivity index (χ3v) is 5.49. The monoisotopic (exact) mass is 407 g/mol. The minimum absolute atomic E-state index is 0.0355. The number of nitrogens with zero attached hydrogens (tertiary/aromatic N) is 2. The summed E-state index contributed by atoms with van der Waals surface area (Å²) in [6.45, 7) is 0.574. The minimum atomic E-state index is -3.77. The summed E-state index contributed by atoms with van der Waals surface area (Å²) in [6.07, 6.45) is 1.91. The Bertz CT molecular complexity index is 1230. The second-order valence-corrected chi connectivity index (χ2v) is 8.21. The molecule has 0 saturated carbocycles. The maximum atomic E-state index is 13.4. The Morgan fingerprint density at radius 3 is 2.10 bits per heavy atom. The molecule has 29 heavy (non-hydrogen) atoms. The van der Waals surface area contributed by atoms with Gasteiger partial charge in [0.2, 0.25) is 10.0 Å². The number of hydrogen-bond donors (Lipinski definition) is 1. The zero-order valence-corrected chi connectivity index (χ0v) is 16.2. The minimum Gasteiger partial charge on any atom is -0.267 e. The highest BCUT2D eigenvalue weighted by molar-refractivity contribution is 7.89. The van der Waals surface area contributed by atoms with Gasteiger partial charge in [-0.1, -0.05) is 54.6 Å². The van der Waals surface area contributed by atoms with E-state index in [0.717, 1.165) is 22.3 Å². The molecule has 0 unspecified atom stereocenters. The van der Waals surface area contributed by atoms with Crippen molar-refractivity contribution in [2.45, 2.75) is 11.4 Å². The largest absolute Gasteiger partial charge is 0.267 e. The Morgan fingerprint density at radius 1 is 0.862 bits per heavy atom. The van der Waals surface area contributed by atoms with Crippen LogP contribution in [0.25, 0.3) is 22.4 Å². The lowest BCUT2D eigenvalue weighted by atomic mass is 10.0. The van der Waals surface area contributed by atoms with Crippen molar-refractivity contribution < 1.29 is 12.8 Å². The summed E-state index contributed by atoms with van der Waals surface area (Å²) in [4.78, 5) is 0.0355. The molecule has 0 aliphatic carbocycles. The van der Waals surface area contributed by atoms with Crippen molar-refractivity contribution in [3.05, 3.63) is 96.4 Å². The van der Waals surface area contributed by atoms with Crippen molar-refractivity contribution in [1.82, 2.24) is 9.78 Å². The first-order chi connectivity index (χ1) is 13.9. The average Bonchev–Trinajstić information content (AvgIpc) is 3.12. The van der Waals surface area contributed by atoms with Gasteiger partial charge in [-0.05, 0) is 35.4 Å². The summed E-state index contributed by atoms with van der Waals surface area (Å²) in [6, 6.07) is 22.3. The van der Waals surface area contributed by atoms with Crippen LogP contribution >= 0.6 is 0 Å². The molecule has 0 radical (unpaired) electrons. The molecule has 1 aromatic heterocycles. The van der Waals surface area contributed by atoms with Gasteiger partial charge < -0.3 is 0 Å². The van der Waals surface area contributed by atoms with E-state index >= 15 is 0 Å². The molecular formula is C22H18FN3O2S. The van der Waals surface area contributed by atoms with E-state index in [4.69, 9.17) is 10.2 Å². The van der Waals surface area contributed by atoms with Gasteiger partial charge in [-0.25, -0.2) is 17.9 Å². The first-order valence-corrected chi connectivity index (χ1v) is 10.5. The van der Waals surface area contributed by atoms with E-state index in [1.54, 1.807) is 24.3 Å². The summed E-state index contributed by atoms with van der Waals surface area (Å²) in [5.41, 5.74) is 4.15. The molecular weight excluding hydrogens is 389 g/mol. The first kappa shape index (κ1) is 19.0. The summed E-state index contributed by atoms with van der Waals surface area (Å²) in [5.74, 6) is -0.315. The quantitative estimate of drug-likeness (QED) is 0.542. The van der Waals surface area contributed by atoms with Crippen LogP contribution in [0, 0.1) is 5.82 Å². The number of halogens is 1. The molecule has 0 bridgehead atoms. The topological polar surface area (TPSA) is 78.0 Å². The molecule has 0 atom stereocenters. The Balaban J connectivity index is 1.79. The molecule has 2 N–H and O–H groups in total. The molecule has 0 spiro atoms. The molecule has 1 heterocycles. The summed E-state index contributed by atoms with van der Waals surface area (Å²) < 4.78 is 38.3. The van der Waals surface area contributed by atoms with Crippen LogP contribution in [0.2, 0.25) is 0 Å². The molecule has 0 fully saturated rings. The van der Waals surface area contributed by atoms with Crippen LogP contribution < -0.4 is 5.14 Å². The van der Waals surface area contributed by atoms with Gasteiger partial charge in [0.1, 0.15) is 11.5 Å². The smallest absolute Gasteiger partial charge is 0.238 e. The fourth-order valence-electron chi connectivity index (χ4n) is 3.13. The zero-order valence-electron chi connectivity index (χ0n) is 15.4. The van der Waals surface area contributed by atoms with Crippen LogP contribution in [0.15, 0.2) is 90.0 Å². The number of rotatable bonds is 5. The van der Waals surface area contributed by atoms with Gasteiger partial charge >= 0.3 is 0 Å². The van der Waals surface area contributed by atoms with Crippen LogP contribution in [0.5, 0.6) is 0 Å². The standard InChI is InChI=1S/C22H18FN3O2S/c23-19-10-6-17(7-11-19)21-15-26(14-16-4-2-1-3-5-16)25-22(21)18-8-12-20(13-9-18)29(24,27)28/h1-13,15H,14H2,(H2,24,27,28). The van der Waals surface area contributed by atoms with E-state index in [9.17, 15) is 12.8 Å². The van der Waals surface area contributed by atoms with E-state index in [-0.39, 0.29) is 10.7 Å². The Morgan fingerprint density at radius 2 is 1.48 bits per heavy atom. The summed E-state index contributed by atoms with van der Waals surface area (Å²) in [7, 11) is -3.77. The fraction of sp³-hybridized carbons (Fsp3) is 0.0455. The molecule has 0 aliphatic rings. The highest BCUT2D eigenvalue weighted by Crippen LogP contribution is 2.32. The highest BCUT2D eigenvalue weighted by Gasteiger charge is 2.15. The Labute approximate surface area is 168 Å². The molecule has 3 aromatic carbocycles. The van der Waals surface area contributed by atoms with Crippen LogP contribution in [0.3, 0.4) is 0 Å². The number of benzene rings is 3. The second-order valence-electron chi connectivity index (χ2n) is 6.65. The number of sulfonamides is 1. The van der Waals surface area contributed by atoms with Gasteiger partial charge in [0.15, 0.2) is 0 Å². The molecule has 0 aliphatic heterocycles. The van der Waals surface area contributed by atoms with E-state index < -0.39 is 10.0 Å². The summed E-state index contributed by atoms with van der Waals surface area (Å²) in [5, 5.41) is 9.90. The molecule has 7 heteroatoms. The van der Waals surface area contributed by atoms with Crippen molar-refractivity contribution in [3.8, 4) is 22.4 Å². The lowest BCUT2D eigenvalue weighted by Crippen LogP contribution is -2.11. The van der Waals surface area contributed by atoms with E-state index in [2.05, 4.69) is 0 Å². The molecule has 146 valence electrons. The SMILES string of the molecule is NS(=O)(=O)c1ccc(-c2nn(Cc3ccccc3)cc2-c2ccc(F)cc2)cc1. The third-order valence-electron chi connectivity index (χ3n) is 4.56. The van der Waals surface area contributed by atoms with Crippen LogP contribution in [-0.2, 0) is 16.6 Å². The number of aromatic nitrogens is 2. The molecule has 0 saturated heterocycles. The van der Waals surface area contributed by atoms with Gasteiger partial charge in [-0.2, -0.15) is 5.10 Å². The van der Waals surface area contributed by atoms with Crippen LogP contribution in [0.1, 0.15) is 5.56 Å². The lowest BCUT2D eigenvalue weighted by Gasteiger charge is -2.04. The van der Waals surface area contributed by atoms with Gasteiger partial charge in [0.25, 0.3) is 0 Å². The van der Waals surface area contributed by atoms with Crippen molar-refractivity contribution in [1.29, 1.82) is 0 Å². The van der Waals surface area contributed by atoms with Crippen molar-refractivity contribution in [2.24, 2.45) is 5.14 Å². The Kier molecular flexibility index (Phi) is 5.00. The molecule has 0 amide bonds. The van der Waals surface area contributed by atoms with Crippen molar-refractivity contribution in [3.63, 3.8) is 0 Å². The van der Waals surface area contributed by atoms with Crippen molar-refractivity contribution in [2.75, 3.05) is 0 Å². The maximum absolute atomic E-state index is 13.4. The zero-order chi connectivity index (χ0) is 20.4. The fourth-order valence-corrected chi connectivity index (χ4v) is 3.64. The lowest BCUT2D eigenvalue weighted by molar-refractivity contribution is 0.598. The average molecular weight is 407 g/mol. The first-order valence-electron chi connectivity index (χ1n) is 8.91. The van der Waals surface area contributed by atoms with Crippen molar-refractivity contribution >= 4 is 10.0 Å². The predicted octanol–water partition coefficient (Wildman–Crippen LogP) is 4.05. The van der Waals surface area contributed by atoms with Gasteiger partial charge in [-0.3, -0.25) is 4.68 Å². The normalized spacial score (nSPS) is 11.5. The van der Waals surface area contributed by atoms with Gasteiger partial charge in [-0.15, -0.1) is 0 Å². The maximum Gasteiger partial charge on any atom is 0.238 e. The predicted molar refractivity (Wildman–Crippen MR) is 110 cm³/mol. The van der Waals surface area contributed by atoms with Crippen LogP contribution in [0.4, 0.5) is 4.39 Å². The third kappa shape index (κ3) is 4.26. The second kappa shape index (κ2) is 7.62. The Hall–Kier alpha value is -3.29. The van der Waals surface area contributed by atoms with Gasteiger partial charge in [0.05, 0.1) is 11.4 Å².